The lowest BCUT2D eigenvalue weighted by Crippen LogP contribution is -3.13. The minimum absolute atomic E-state index is 0.0183. The zero-order valence-corrected chi connectivity index (χ0v) is 14.3. The van der Waals surface area contributed by atoms with Gasteiger partial charge in [0, 0.05) is 17.5 Å². The van der Waals surface area contributed by atoms with Gasteiger partial charge in [0.25, 0.3) is 0 Å². The van der Waals surface area contributed by atoms with Gasteiger partial charge in [-0.25, -0.2) is 0 Å². The molecular formula is C20H24N2O3. The normalized spacial score (nSPS) is 31.4. The molecule has 1 amide bonds. The number of piperazine rings is 1. The van der Waals surface area contributed by atoms with E-state index < -0.39 is 17.8 Å². The van der Waals surface area contributed by atoms with Gasteiger partial charge in [-0.1, -0.05) is 42.5 Å². The maximum atomic E-state index is 13.0. The van der Waals surface area contributed by atoms with Gasteiger partial charge in [-0.3, -0.25) is 4.79 Å². The fourth-order valence-corrected chi connectivity index (χ4v) is 4.80. The Morgan fingerprint density at radius 3 is 2.32 bits per heavy atom. The molecule has 132 valence electrons. The Kier molecular flexibility index (Phi) is 4.34. The number of nitrogens with zero attached hydrogens (tertiary/aromatic N) is 1. The minimum atomic E-state index is -1.07. The van der Waals surface area contributed by atoms with E-state index in [1.807, 2.05) is 23.1 Å². The van der Waals surface area contributed by atoms with Crippen LogP contribution in [0.1, 0.15) is 12.0 Å². The summed E-state index contributed by atoms with van der Waals surface area (Å²) in [5.74, 6) is -2.05. The van der Waals surface area contributed by atoms with Crippen LogP contribution in [0.2, 0.25) is 0 Å². The number of hydrogen-bond donors (Lipinski definition) is 1. The molecule has 1 aromatic carbocycles. The van der Waals surface area contributed by atoms with Gasteiger partial charge < -0.3 is 19.7 Å². The van der Waals surface area contributed by atoms with Gasteiger partial charge in [0.1, 0.15) is 6.54 Å². The molecule has 0 spiro atoms. The number of amides is 1. The zero-order chi connectivity index (χ0) is 17.4. The van der Waals surface area contributed by atoms with Crippen LogP contribution in [0.3, 0.4) is 0 Å². The highest BCUT2D eigenvalue weighted by Gasteiger charge is 2.50. The average Bonchev–Trinajstić information content (AvgIpc) is 3.24. The Morgan fingerprint density at radius 2 is 1.68 bits per heavy atom. The lowest BCUT2D eigenvalue weighted by molar-refractivity contribution is -0.917. The second kappa shape index (κ2) is 6.64. The van der Waals surface area contributed by atoms with Gasteiger partial charge in [0.2, 0.25) is 5.91 Å². The van der Waals surface area contributed by atoms with Crippen molar-refractivity contribution >= 4 is 11.9 Å². The van der Waals surface area contributed by atoms with Crippen LogP contribution in [0.5, 0.6) is 0 Å². The molecule has 3 aliphatic rings. The SMILES string of the molecule is O=C([O-])[C@@H]1[C@@H](C(=O)N2CC[NH+](Cc3ccccc3)CC2)[C@@H]2C=C[C@H]1C2. The summed E-state index contributed by atoms with van der Waals surface area (Å²) in [4.78, 5) is 27.8. The van der Waals surface area contributed by atoms with E-state index in [-0.39, 0.29) is 17.7 Å². The Bertz CT molecular complexity index is 679. The third-order valence-electron chi connectivity index (χ3n) is 6.10. The monoisotopic (exact) mass is 340 g/mol. The fourth-order valence-electron chi connectivity index (χ4n) is 4.80. The van der Waals surface area contributed by atoms with Crippen LogP contribution < -0.4 is 10.0 Å². The van der Waals surface area contributed by atoms with Crippen LogP contribution in [-0.2, 0) is 16.1 Å². The molecule has 1 N–H and O–H groups in total. The summed E-state index contributed by atoms with van der Waals surface area (Å²) in [6, 6.07) is 10.4. The van der Waals surface area contributed by atoms with Crippen LogP contribution in [0, 0.1) is 23.7 Å². The molecule has 1 saturated heterocycles. The van der Waals surface area contributed by atoms with Gasteiger partial charge in [-0.2, -0.15) is 0 Å². The number of nitrogens with one attached hydrogen (secondary N) is 1. The van der Waals surface area contributed by atoms with Crippen molar-refractivity contribution in [3.63, 3.8) is 0 Å². The molecule has 5 nitrogen and oxygen atoms in total. The molecule has 2 bridgehead atoms. The molecule has 2 fully saturated rings. The van der Waals surface area contributed by atoms with Crippen molar-refractivity contribution in [2.24, 2.45) is 23.7 Å². The van der Waals surface area contributed by atoms with Crippen LogP contribution in [0.4, 0.5) is 0 Å². The molecular weight excluding hydrogens is 316 g/mol. The second-order valence-electron chi connectivity index (χ2n) is 7.56. The first kappa shape index (κ1) is 16.3. The van der Waals surface area contributed by atoms with E-state index in [0.717, 1.165) is 26.1 Å². The number of allylic oxidation sites excluding steroid dienone is 2. The van der Waals surface area contributed by atoms with Crippen molar-refractivity contribution in [1.29, 1.82) is 0 Å². The number of quaternary nitrogens is 1. The van der Waals surface area contributed by atoms with Gasteiger partial charge in [-0.15, -0.1) is 0 Å². The smallest absolute Gasteiger partial charge is 0.227 e. The van der Waals surface area contributed by atoms with E-state index in [0.29, 0.717) is 13.1 Å². The van der Waals surface area contributed by atoms with Crippen LogP contribution in [-0.4, -0.2) is 43.0 Å². The number of fused-ring (bicyclic) bond motifs is 2. The van der Waals surface area contributed by atoms with E-state index in [9.17, 15) is 14.7 Å². The maximum absolute atomic E-state index is 13.0. The third-order valence-corrected chi connectivity index (χ3v) is 6.10. The Balaban J connectivity index is 1.37. The Morgan fingerprint density at radius 1 is 1.04 bits per heavy atom. The topological polar surface area (TPSA) is 64.9 Å². The molecule has 0 aromatic heterocycles. The molecule has 2 aliphatic carbocycles. The van der Waals surface area contributed by atoms with E-state index in [4.69, 9.17) is 0 Å². The predicted molar refractivity (Wildman–Crippen MR) is 90.1 cm³/mol. The van der Waals surface area contributed by atoms with E-state index in [1.165, 1.54) is 10.5 Å². The maximum Gasteiger partial charge on any atom is 0.227 e. The van der Waals surface area contributed by atoms with Crippen molar-refractivity contribution in [3.05, 3.63) is 48.0 Å². The third kappa shape index (κ3) is 3.09. The van der Waals surface area contributed by atoms with Gasteiger partial charge in [0.05, 0.1) is 32.1 Å². The highest BCUT2D eigenvalue weighted by Crippen LogP contribution is 2.48. The highest BCUT2D eigenvalue weighted by atomic mass is 16.4. The zero-order valence-electron chi connectivity index (χ0n) is 14.3. The molecule has 0 unspecified atom stereocenters. The van der Waals surface area contributed by atoms with Crippen molar-refractivity contribution < 1.29 is 19.6 Å². The number of rotatable bonds is 4. The summed E-state index contributed by atoms with van der Waals surface area (Å²) in [6.45, 7) is 4.21. The molecule has 25 heavy (non-hydrogen) atoms. The van der Waals surface area contributed by atoms with Crippen molar-refractivity contribution in [3.8, 4) is 0 Å². The van der Waals surface area contributed by atoms with E-state index in [1.54, 1.807) is 0 Å². The average molecular weight is 340 g/mol. The number of hydrogen-bond acceptors (Lipinski definition) is 3. The summed E-state index contributed by atoms with van der Waals surface area (Å²) >= 11 is 0. The number of aliphatic carboxylic acids is 1. The summed E-state index contributed by atoms with van der Waals surface area (Å²) in [6.07, 6.45) is 4.77. The molecule has 1 aliphatic heterocycles. The first-order valence-corrected chi connectivity index (χ1v) is 9.19. The Hall–Kier alpha value is -2.14. The number of carbonyl (C=O) groups is 2. The number of carboxylic acid groups (broad SMARTS) is 1. The van der Waals surface area contributed by atoms with Crippen LogP contribution in [0.15, 0.2) is 42.5 Å². The lowest BCUT2D eigenvalue weighted by atomic mass is 9.82. The lowest BCUT2D eigenvalue weighted by Gasteiger charge is -2.37. The van der Waals surface area contributed by atoms with E-state index >= 15 is 0 Å². The standard InChI is InChI=1S/C20H24N2O3/c23-19(17-15-6-7-16(12-15)18(17)20(24)25)22-10-8-21(9-11-22)13-14-4-2-1-3-5-14/h1-7,15-18H,8-13H2,(H,24,25)/t15-,16+,17+,18+/m1/s1. The van der Waals surface area contributed by atoms with Gasteiger partial charge in [0.15, 0.2) is 0 Å². The molecule has 1 saturated carbocycles. The van der Waals surface area contributed by atoms with E-state index in [2.05, 4.69) is 24.3 Å². The fraction of sp³-hybridized carbons (Fsp3) is 0.500. The predicted octanol–water partition coefficient (Wildman–Crippen LogP) is -0.898. The number of carbonyl (C=O) groups excluding carboxylic acids is 2. The quantitative estimate of drug-likeness (QED) is 0.723. The summed E-state index contributed by atoms with van der Waals surface area (Å²) in [5, 5.41) is 11.5. The number of carboxylic acids is 1. The van der Waals surface area contributed by atoms with Gasteiger partial charge >= 0.3 is 0 Å². The molecule has 1 aromatic rings. The molecule has 4 rings (SSSR count). The first-order chi connectivity index (χ1) is 12.1. The van der Waals surface area contributed by atoms with Crippen molar-refractivity contribution in [2.75, 3.05) is 26.2 Å². The molecule has 4 atom stereocenters. The molecule has 0 radical (unpaired) electrons. The number of benzene rings is 1. The highest BCUT2D eigenvalue weighted by molar-refractivity contribution is 5.86. The minimum Gasteiger partial charge on any atom is -0.550 e. The largest absolute Gasteiger partial charge is 0.550 e. The second-order valence-corrected chi connectivity index (χ2v) is 7.56. The summed E-state index contributed by atoms with van der Waals surface area (Å²) < 4.78 is 0. The summed E-state index contributed by atoms with van der Waals surface area (Å²) in [7, 11) is 0. The van der Waals surface area contributed by atoms with Crippen molar-refractivity contribution in [2.45, 2.75) is 13.0 Å². The van der Waals surface area contributed by atoms with Crippen molar-refractivity contribution in [1.82, 2.24) is 4.90 Å². The molecule has 5 heteroatoms. The summed E-state index contributed by atoms with van der Waals surface area (Å²) in [5.41, 5.74) is 1.31. The Labute approximate surface area is 147 Å². The first-order valence-electron chi connectivity index (χ1n) is 9.19. The van der Waals surface area contributed by atoms with Gasteiger partial charge in [-0.05, 0) is 18.3 Å². The van der Waals surface area contributed by atoms with Crippen LogP contribution >= 0.6 is 0 Å². The molecule has 1 heterocycles. The van der Waals surface area contributed by atoms with Crippen LogP contribution in [0.25, 0.3) is 0 Å².